The summed E-state index contributed by atoms with van der Waals surface area (Å²) >= 11 is 2.81. The van der Waals surface area contributed by atoms with Gasteiger partial charge in [0, 0.05) is 28.8 Å². The summed E-state index contributed by atoms with van der Waals surface area (Å²) in [5.41, 5.74) is 5.04. The fourth-order valence-corrected chi connectivity index (χ4v) is 7.16. The molecule has 0 aliphatic heterocycles. The molecule has 43 heavy (non-hydrogen) atoms. The van der Waals surface area contributed by atoms with Crippen LogP contribution in [0, 0.1) is 16.7 Å². The molecule has 5 aromatic rings. The smallest absolute Gasteiger partial charge is 0.234 e. The van der Waals surface area contributed by atoms with E-state index in [2.05, 4.69) is 11.4 Å². The zero-order valence-corrected chi connectivity index (χ0v) is 25.6. The Kier molecular flexibility index (Phi) is 7.74. The fraction of sp³-hybridized carbons (Fsp3) is 0.206. The standard InChI is InChI=1S/C34H28N4O3S2/c1-34(2)16-26-31(27(39)17-34)30(20-11-13-23(41-3)14-12-20)24(18-35)33(38-26)42-19-29(40)36-22-8-6-7-21(15-22)32-37-25-9-4-5-10-28(25)43-32/h4-15H,16-17,19H2,1-3H3,(H,36,40). The first-order chi connectivity index (χ1) is 20.7. The number of benzene rings is 3. The van der Waals surface area contributed by atoms with Gasteiger partial charge in [0.1, 0.15) is 21.9 Å². The number of carbonyl (C=O) groups excluding carboxylic acids is 2. The Morgan fingerprint density at radius 2 is 1.81 bits per heavy atom. The number of rotatable bonds is 7. The summed E-state index contributed by atoms with van der Waals surface area (Å²) in [6.07, 6.45) is 0.974. The summed E-state index contributed by atoms with van der Waals surface area (Å²) in [6, 6.07) is 25.2. The minimum Gasteiger partial charge on any atom is -0.497 e. The van der Waals surface area contributed by atoms with Crippen LogP contribution in [-0.4, -0.2) is 34.5 Å². The van der Waals surface area contributed by atoms with Crippen molar-refractivity contribution in [1.29, 1.82) is 5.26 Å². The van der Waals surface area contributed by atoms with Gasteiger partial charge in [0.25, 0.3) is 0 Å². The minimum atomic E-state index is -0.254. The molecular weight excluding hydrogens is 577 g/mol. The van der Waals surface area contributed by atoms with E-state index in [-0.39, 0.29) is 22.9 Å². The van der Waals surface area contributed by atoms with E-state index in [1.165, 1.54) is 11.8 Å². The molecule has 6 rings (SSSR count). The molecule has 0 bridgehead atoms. The molecule has 9 heteroatoms. The second-order valence-electron chi connectivity index (χ2n) is 11.2. The van der Waals surface area contributed by atoms with Crippen molar-refractivity contribution in [2.75, 3.05) is 18.2 Å². The van der Waals surface area contributed by atoms with E-state index in [0.717, 1.165) is 26.4 Å². The number of nitrogens with one attached hydrogen (secondary N) is 1. The van der Waals surface area contributed by atoms with Crippen LogP contribution in [0.3, 0.4) is 0 Å². The molecule has 1 aliphatic carbocycles. The monoisotopic (exact) mass is 604 g/mol. The van der Waals surface area contributed by atoms with Gasteiger partial charge in [-0.1, -0.05) is 62.0 Å². The van der Waals surface area contributed by atoms with Gasteiger partial charge in [0.05, 0.1) is 34.3 Å². The third kappa shape index (κ3) is 5.89. The quantitative estimate of drug-likeness (QED) is 0.189. The van der Waals surface area contributed by atoms with E-state index in [4.69, 9.17) is 14.7 Å². The van der Waals surface area contributed by atoms with E-state index in [1.54, 1.807) is 18.4 Å². The van der Waals surface area contributed by atoms with Crippen LogP contribution >= 0.6 is 23.1 Å². The first kappa shape index (κ1) is 28.6. The Morgan fingerprint density at radius 3 is 2.56 bits per heavy atom. The van der Waals surface area contributed by atoms with Crippen LogP contribution in [-0.2, 0) is 11.2 Å². The average molecular weight is 605 g/mol. The Hall–Kier alpha value is -4.52. The molecule has 7 nitrogen and oxygen atoms in total. The van der Waals surface area contributed by atoms with Crippen molar-refractivity contribution < 1.29 is 14.3 Å². The van der Waals surface area contributed by atoms with Crippen molar-refractivity contribution in [2.24, 2.45) is 5.41 Å². The van der Waals surface area contributed by atoms with Gasteiger partial charge in [-0.15, -0.1) is 11.3 Å². The number of carbonyl (C=O) groups is 2. The van der Waals surface area contributed by atoms with Gasteiger partial charge in [-0.2, -0.15) is 5.26 Å². The van der Waals surface area contributed by atoms with E-state index >= 15 is 0 Å². The van der Waals surface area contributed by atoms with Gasteiger partial charge in [-0.25, -0.2) is 9.97 Å². The molecule has 2 heterocycles. The minimum absolute atomic E-state index is 0.0247. The van der Waals surface area contributed by atoms with Crippen LogP contribution in [0.15, 0.2) is 77.8 Å². The molecule has 0 atom stereocenters. The normalized spacial score (nSPS) is 13.8. The van der Waals surface area contributed by atoms with Crippen molar-refractivity contribution >= 4 is 50.7 Å². The zero-order valence-electron chi connectivity index (χ0n) is 23.9. The second kappa shape index (κ2) is 11.6. The maximum absolute atomic E-state index is 13.4. The summed E-state index contributed by atoms with van der Waals surface area (Å²) in [4.78, 5) is 36.1. The molecule has 1 N–H and O–H groups in total. The van der Waals surface area contributed by atoms with E-state index in [9.17, 15) is 14.9 Å². The largest absolute Gasteiger partial charge is 0.497 e. The predicted molar refractivity (Wildman–Crippen MR) is 172 cm³/mol. The predicted octanol–water partition coefficient (Wildman–Crippen LogP) is 7.79. The zero-order chi connectivity index (χ0) is 30.1. The van der Waals surface area contributed by atoms with E-state index < -0.39 is 0 Å². The number of para-hydroxylation sites is 1. The second-order valence-corrected chi connectivity index (χ2v) is 13.2. The van der Waals surface area contributed by atoms with Gasteiger partial charge in [0.2, 0.25) is 5.91 Å². The molecule has 2 aromatic heterocycles. The highest BCUT2D eigenvalue weighted by Crippen LogP contribution is 2.42. The summed E-state index contributed by atoms with van der Waals surface area (Å²) in [5, 5.41) is 14.6. The number of anilines is 1. The number of hydrogen-bond donors (Lipinski definition) is 1. The first-order valence-corrected chi connectivity index (χ1v) is 15.6. The third-order valence-electron chi connectivity index (χ3n) is 7.32. The van der Waals surface area contributed by atoms with Crippen LogP contribution in [0.25, 0.3) is 31.9 Å². The highest BCUT2D eigenvalue weighted by Gasteiger charge is 2.36. The third-order valence-corrected chi connectivity index (χ3v) is 9.38. The number of fused-ring (bicyclic) bond motifs is 2. The molecule has 0 radical (unpaired) electrons. The van der Waals surface area contributed by atoms with Crippen LogP contribution < -0.4 is 10.1 Å². The molecule has 0 saturated carbocycles. The Morgan fingerprint density at radius 1 is 1.02 bits per heavy atom. The van der Waals surface area contributed by atoms with Gasteiger partial charge >= 0.3 is 0 Å². The van der Waals surface area contributed by atoms with Crippen molar-refractivity contribution in [2.45, 2.75) is 31.7 Å². The number of Topliss-reactive ketones (excluding diaryl/α,β-unsaturated/α-hetero) is 1. The van der Waals surface area contributed by atoms with Gasteiger partial charge in [-0.05, 0) is 53.8 Å². The van der Waals surface area contributed by atoms with Crippen molar-refractivity contribution in [3.63, 3.8) is 0 Å². The van der Waals surface area contributed by atoms with Crippen molar-refractivity contribution in [1.82, 2.24) is 9.97 Å². The SMILES string of the molecule is COc1ccc(-c2c(C#N)c(SCC(=O)Nc3cccc(-c4nc5ccccc5s4)c3)nc3c2C(=O)CC(C)(C)C3)cc1. The lowest BCUT2D eigenvalue weighted by Crippen LogP contribution is -2.29. The highest BCUT2D eigenvalue weighted by atomic mass is 32.2. The van der Waals surface area contributed by atoms with E-state index in [0.29, 0.717) is 51.7 Å². The Labute approximate surface area is 258 Å². The number of nitriles is 1. The lowest BCUT2D eigenvalue weighted by Gasteiger charge is -2.31. The number of amides is 1. The summed E-state index contributed by atoms with van der Waals surface area (Å²) < 4.78 is 6.42. The van der Waals surface area contributed by atoms with Crippen LogP contribution in [0.5, 0.6) is 5.75 Å². The Bertz CT molecular complexity index is 1890. The van der Waals surface area contributed by atoms with Gasteiger partial charge in [0.15, 0.2) is 5.78 Å². The molecule has 0 spiro atoms. The maximum Gasteiger partial charge on any atom is 0.234 e. The molecule has 1 amide bonds. The van der Waals surface area contributed by atoms with Gasteiger partial charge in [-0.3, -0.25) is 9.59 Å². The molecule has 3 aromatic carbocycles. The lowest BCUT2D eigenvalue weighted by molar-refractivity contribution is -0.113. The fourth-order valence-electron chi connectivity index (χ4n) is 5.39. The van der Waals surface area contributed by atoms with Crippen LogP contribution in [0.4, 0.5) is 5.69 Å². The highest BCUT2D eigenvalue weighted by molar-refractivity contribution is 8.00. The first-order valence-electron chi connectivity index (χ1n) is 13.8. The number of aromatic nitrogens is 2. The molecule has 214 valence electrons. The van der Waals surface area contributed by atoms with Crippen LogP contribution in [0.1, 0.15) is 41.9 Å². The number of pyridine rings is 1. The van der Waals surface area contributed by atoms with Crippen LogP contribution in [0.2, 0.25) is 0 Å². The molecule has 0 fully saturated rings. The molecule has 1 aliphatic rings. The topological polar surface area (TPSA) is 105 Å². The summed E-state index contributed by atoms with van der Waals surface area (Å²) in [5.74, 6) is 0.474. The number of hydrogen-bond acceptors (Lipinski definition) is 8. The summed E-state index contributed by atoms with van der Waals surface area (Å²) in [7, 11) is 1.59. The Balaban J connectivity index is 1.28. The average Bonchev–Trinajstić information content (AvgIpc) is 3.43. The lowest BCUT2D eigenvalue weighted by atomic mass is 9.73. The number of ether oxygens (including phenoxy) is 1. The number of methoxy groups -OCH3 is 1. The van der Waals surface area contributed by atoms with Crippen molar-refractivity contribution in [3.8, 4) is 33.5 Å². The maximum atomic E-state index is 13.4. The number of thioether (sulfide) groups is 1. The van der Waals surface area contributed by atoms with Crippen molar-refractivity contribution in [3.05, 3.63) is 89.6 Å². The number of nitrogens with zero attached hydrogens (tertiary/aromatic N) is 3. The van der Waals surface area contributed by atoms with E-state index in [1.807, 2.05) is 86.6 Å². The molecular formula is C34H28N4O3S2. The number of thiazole rings is 1. The number of ketones is 1. The molecule has 0 unspecified atom stereocenters. The van der Waals surface area contributed by atoms with Gasteiger partial charge < -0.3 is 10.1 Å². The molecule has 0 saturated heterocycles. The summed E-state index contributed by atoms with van der Waals surface area (Å²) in [6.45, 7) is 4.09.